The Kier molecular flexibility index (Phi) is 1.71. The first-order chi connectivity index (χ1) is 4.72. The zero-order valence-corrected chi connectivity index (χ0v) is 5.60. The average molecular weight is 140 g/mol. The van der Waals surface area contributed by atoms with Crippen LogP contribution >= 0.6 is 0 Å². The van der Waals surface area contributed by atoms with E-state index in [1.807, 2.05) is 6.92 Å². The fourth-order valence-corrected chi connectivity index (χ4v) is 0.710. The summed E-state index contributed by atoms with van der Waals surface area (Å²) in [5.41, 5.74) is -0.126. The van der Waals surface area contributed by atoms with Crippen molar-refractivity contribution in [3.05, 3.63) is 32.6 Å². The second kappa shape index (κ2) is 2.51. The van der Waals surface area contributed by atoms with Crippen LogP contribution in [0.15, 0.2) is 15.7 Å². The maximum atomic E-state index is 10.6. The molecule has 0 saturated heterocycles. The summed E-state index contributed by atoms with van der Waals surface area (Å²) in [5.74, 6) is 0. The molecule has 1 aromatic heterocycles. The van der Waals surface area contributed by atoms with Gasteiger partial charge < -0.3 is 4.98 Å². The van der Waals surface area contributed by atoms with Gasteiger partial charge in [-0.05, 0) is 6.42 Å². The maximum Gasteiger partial charge on any atom is 0.325 e. The molecule has 0 bridgehead atoms. The summed E-state index contributed by atoms with van der Waals surface area (Å²) in [6.07, 6.45) is 0.666. The quantitative estimate of drug-likeness (QED) is 0.558. The Bertz CT molecular complexity index is 295. The smallest absolute Gasteiger partial charge is 0.311 e. The highest BCUT2D eigenvalue weighted by Gasteiger charge is 1.90. The molecule has 0 saturated carbocycles. The van der Waals surface area contributed by atoms with Crippen molar-refractivity contribution in [1.82, 2.24) is 9.97 Å². The Balaban J connectivity index is 3.33. The van der Waals surface area contributed by atoms with Crippen LogP contribution < -0.4 is 11.2 Å². The predicted octanol–water partition coefficient (Wildman–Crippen LogP) is -0.374. The Hall–Kier alpha value is -1.32. The molecule has 0 aromatic carbocycles. The molecule has 0 unspecified atom stereocenters. The van der Waals surface area contributed by atoms with E-state index < -0.39 is 5.69 Å². The Morgan fingerprint density at radius 3 is 2.60 bits per heavy atom. The molecule has 0 spiro atoms. The normalized spacial score (nSPS) is 9.70. The van der Waals surface area contributed by atoms with E-state index in [0.717, 1.165) is 0 Å². The molecule has 10 heavy (non-hydrogen) atoms. The molecule has 0 amide bonds. The van der Waals surface area contributed by atoms with Crippen molar-refractivity contribution < 1.29 is 0 Å². The minimum absolute atomic E-state index is 0.347. The van der Waals surface area contributed by atoms with Crippen molar-refractivity contribution in [3.8, 4) is 0 Å². The molecular formula is C6H8N2O2. The lowest BCUT2D eigenvalue weighted by Crippen LogP contribution is -2.22. The third-order valence-corrected chi connectivity index (χ3v) is 1.20. The third-order valence-electron chi connectivity index (χ3n) is 1.20. The molecule has 0 fully saturated rings. The van der Waals surface area contributed by atoms with Gasteiger partial charge in [0.05, 0.1) is 0 Å². The van der Waals surface area contributed by atoms with E-state index in [4.69, 9.17) is 0 Å². The summed E-state index contributed by atoms with van der Waals surface area (Å²) in [4.78, 5) is 25.7. The fraction of sp³-hybridized carbons (Fsp3) is 0.333. The van der Waals surface area contributed by atoms with Crippen LogP contribution in [0.1, 0.15) is 12.6 Å². The predicted molar refractivity (Wildman–Crippen MR) is 37.1 cm³/mol. The summed E-state index contributed by atoms with van der Waals surface area (Å²) in [6, 6.07) is 1.38. The van der Waals surface area contributed by atoms with Gasteiger partial charge in [0.25, 0.3) is 5.56 Å². The highest BCUT2D eigenvalue weighted by Crippen LogP contribution is 1.82. The average Bonchev–Trinajstić information content (AvgIpc) is 1.85. The van der Waals surface area contributed by atoms with Crippen molar-refractivity contribution in [2.24, 2.45) is 0 Å². The van der Waals surface area contributed by atoms with E-state index in [1.165, 1.54) is 6.07 Å². The summed E-state index contributed by atoms with van der Waals surface area (Å²) in [6.45, 7) is 1.87. The first-order valence-corrected chi connectivity index (χ1v) is 3.05. The lowest BCUT2D eigenvalue weighted by molar-refractivity contribution is 0.936. The number of aryl methyl sites for hydroxylation is 1. The molecule has 0 aliphatic rings. The Morgan fingerprint density at radius 2 is 2.10 bits per heavy atom. The largest absolute Gasteiger partial charge is 0.325 e. The number of aromatic amines is 2. The molecule has 2 N–H and O–H groups in total. The van der Waals surface area contributed by atoms with E-state index in [2.05, 4.69) is 9.97 Å². The van der Waals surface area contributed by atoms with Crippen molar-refractivity contribution in [3.63, 3.8) is 0 Å². The van der Waals surface area contributed by atoms with Crippen molar-refractivity contribution >= 4 is 0 Å². The van der Waals surface area contributed by atoms with Crippen molar-refractivity contribution in [1.29, 1.82) is 0 Å². The van der Waals surface area contributed by atoms with Crippen molar-refractivity contribution in [2.45, 2.75) is 13.3 Å². The number of hydrogen-bond donors (Lipinski definition) is 2. The second-order valence-electron chi connectivity index (χ2n) is 1.97. The highest BCUT2D eigenvalue weighted by atomic mass is 16.2. The topological polar surface area (TPSA) is 65.7 Å². The van der Waals surface area contributed by atoms with Crippen LogP contribution in [0.5, 0.6) is 0 Å². The molecular weight excluding hydrogens is 132 g/mol. The van der Waals surface area contributed by atoms with E-state index in [0.29, 0.717) is 12.1 Å². The Labute approximate surface area is 56.9 Å². The summed E-state index contributed by atoms with van der Waals surface area (Å²) >= 11 is 0. The summed E-state index contributed by atoms with van der Waals surface area (Å²) in [5, 5.41) is 0. The first kappa shape index (κ1) is 6.80. The lowest BCUT2D eigenvalue weighted by Gasteiger charge is -1.90. The number of hydrogen-bond acceptors (Lipinski definition) is 2. The minimum atomic E-state index is -0.440. The zero-order valence-electron chi connectivity index (χ0n) is 5.60. The number of rotatable bonds is 1. The second-order valence-corrected chi connectivity index (χ2v) is 1.97. The zero-order chi connectivity index (χ0) is 7.56. The van der Waals surface area contributed by atoms with E-state index in [1.54, 1.807) is 0 Å². The molecule has 4 nitrogen and oxygen atoms in total. The van der Waals surface area contributed by atoms with Gasteiger partial charge in [-0.3, -0.25) is 9.78 Å². The highest BCUT2D eigenvalue weighted by molar-refractivity contribution is 4.97. The number of nitrogens with one attached hydrogen (secondary N) is 2. The van der Waals surface area contributed by atoms with Gasteiger partial charge in [-0.15, -0.1) is 0 Å². The van der Waals surface area contributed by atoms with Crippen LogP contribution in [0, 0.1) is 0 Å². The van der Waals surface area contributed by atoms with Gasteiger partial charge in [0.15, 0.2) is 0 Å². The monoisotopic (exact) mass is 140 g/mol. The van der Waals surface area contributed by atoms with Crippen LogP contribution in [0.3, 0.4) is 0 Å². The van der Waals surface area contributed by atoms with Gasteiger partial charge in [0.2, 0.25) is 0 Å². The summed E-state index contributed by atoms with van der Waals surface area (Å²) < 4.78 is 0. The molecule has 1 aromatic rings. The van der Waals surface area contributed by atoms with Gasteiger partial charge in [-0.1, -0.05) is 6.92 Å². The SMILES string of the molecule is CCc1cc(=O)[nH]c(=O)[nH]1. The fourth-order valence-electron chi connectivity index (χ4n) is 0.710. The van der Waals surface area contributed by atoms with Crippen LogP contribution in [0.4, 0.5) is 0 Å². The van der Waals surface area contributed by atoms with Gasteiger partial charge in [0.1, 0.15) is 0 Å². The molecule has 0 atom stereocenters. The number of H-pyrrole nitrogens is 2. The standard InChI is InChI=1S/C6H8N2O2/c1-2-4-3-5(9)8-6(10)7-4/h3H,2H2,1H3,(H2,7,8,9,10). The molecule has 1 heterocycles. The van der Waals surface area contributed by atoms with E-state index in [9.17, 15) is 9.59 Å². The van der Waals surface area contributed by atoms with E-state index in [-0.39, 0.29) is 5.56 Å². The molecule has 0 radical (unpaired) electrons. The Morgan fingerprint density at radius 1 is 1.40 bits per heavy atom. The molecule has 54 valence electrons. The van der Waals surface area contributed by atoms with Crippen LogP contribution in [-0.2, 0) is 6.42 Å². The molecule has 0 aliphatic carbocycles. The summed E-state index contributed by atoms with van der Waals surface area (Å²) in [7, 11) is 0. The first-order valence-electron chi connectivity index (χ1n) is 3.05. The maximum absolute atomic E-state index is 10.6. The van der Waals surface area contributed by atoms with E-state index >= 15 is 0 Å². The van der Waals surface area contributed by atoms with Crippen LogP contribution in [0.25, 0.3) is 0 Å². The minimum Gasteiger partial charge on any atom is -0.311 e. The van der Waals surface area contributed by atoms with Gasteiger partial charge in [-0.2, -0.15) is 0 Å². The molecule has 0 aliphatic heterocycles. The molecule has 4 heteroatoms. The third kappa shape index (κ3) is 1.34. The van der Waals surface area contributed by atoms with Crippen LogP contribution in [0.2, 0.25) is 0 Å². The lowest BCUT2D eigenvalue weighted by atomic mass is 10.3. The van der Waals surface area contributed by atoms with Gasteiger partial charge in [-0.25, -0.2) is 4.79 Å². The number of aromatic nitrogens is 2. The van der Waals surface area contributed by atoms with Gasteiger partial charge >= 0.3 is 5.69 Å². The molecule has 1 rings (SSSR count). The van der Waals surface area contributed by atoms with Gasteiger partial charge in [0, 0.05) is 11.8 Å². The van der Waals surface area contributed by atoms with Crippen LogP contribution in [-0.4, -0.2) is 9.97 Å². The van der Waals surface area contributed by atoms with Crippen molar-refractivity contribution in [2.75, 3.05) is 0 Å².